The zero-order valence-electron chi connectivity index (χ0n) is 15.9. The summed E-state index contributed by atoms with van der Waals surface area (Å²) < 4.78 is 1.84. The van der Waals surface area contributed by atoms with E-state index in [9.17, 15) is 9.59 Å². The lowest BCUT2D eigenvalue weighted by atomic mass is 10.1. The van der Waals surface area contributed by atoms with Crippen molar-refractivity contribution in [1.29, 1.82) is 0 Å². The number of aryl methyl sites for hydroxylation is 1. The molecule has 3 aromatic rings. The van der Waals surface area contributed by atoms with Crippen LogP contribution < -0.4 is 0 Å². The molecule has 0 unspecified atom stereocenters. The number of hydrogen-bond acceptors (Lipinski definition) is 3. The summed E-state index contributed by atoms with van der Waals surface area (Å²) >= 11 is 0. The second-order valence-corrected chi connectivity index (χ2v) is 7.17. The van der Waals surface area contributed by atoms with Crippen molar-refractivity contribution in [2.75, 3.05) is 26.2 Å². The maximum Gasteiger partial charge on any atom is 0.227 e. The van der Waals surface area contributed by atoms with Gasteiger partial charge in [0.05, 0.1) is 6.42 Å². The summed E-state index contributed by atoms with van der Waals surface area (Å²) in [5.41, 5.74) is 2.08. The molecule has 1 N–H and O–H groups in total. The zero-order chi connectivity index (χ0) is 19.3. The van der Waals surface area contributed by atoms with Crippen molar-refractivity contribution in [2.45, 2.75) is 25.8 Å². The minimum atomic E-state index is 0.121. The topological polar surface area (TPSA) is 74.2 Å². The molecule has 0 atom stereocenters. The van der Waals surface area contributed by atoms with Gasteiger partial charge in [-0.25, -0.2) is 0 Å². The first-order valence-electron chi connectivity index (χ1n) is 9.79. The molecule has 1 aliphatic heterocycles. The number of amides is 2. The van der Waals surface area contributed by atoms with Crippen LogP contribution >= 0.6 is 0 Å². The van der Waals surface area contributed by atoms with E-state index in [-0.39, 0.29) is 11.8 Å². The Kier molecular flexibility index (Phi) is 5.41. The molecule has 1 fully saturated rings. The number of nitrogens with one attached hydrogen (secondary N) is 1. The average Bonchev–Trinajstić information content (AvgIpc) is 3.38. The fourth-order valence-electron chi connectivity index (χ4n) is 3.74. The van der Waals surface area contributed by atoms with Gasteiger partial charge in [0, 0.05) is 68.6 Å². The highest BCUT2D eigenvalue weighted by Crippen LogP contribution is 2.19. The molecule has 7 heteroatoms. The van der Waals surface area contributed by atoms with Gasteiger partial charge in [-0.1, -0.05) is 18.2 Å². The van der Waals surface area contributed by atoms with E-state index in [1.165, 1.54) is 0 Å². The van der Waals surface area contributed by atoms with Gasteiger partial charge in [0.2, 0.25) is 11.8 Å². The monoisotopic (exact) mass is 379 g/mol. The van der Waals surface area contributed by atoms with Crippen molar-refractivity contribution in [3.05, 3.63) is 54.5 Å². The minimum absolute atomic E-state index is 0.121. The van der Waals surface area contributed by atoms with Gasteiger partial charge in [-0.15, -0.1) is 0 Å². The molecule has 4 rings (SSSR count). The highest BCUT2D eigenvalue weighted by Gasteiger charge is 2.24. The van der Waals surface area contributed by atoms with Crippen LogP contribution in [0.3, 0.4) is 0 Å². The molecule has 1 aliphatic rings. The summed E-state index contributed by atoms with van der Waals surface area (Å²) in [6.45, 7) is 3.18. The largest absolute Gasteiger partial charge is 0.361 e. The van der Waals surface area contributed by atoms with E-state index in [0.29, 0.717) is 39.0 Å². The molecule has 3 heterocycles. The van der Waals surface area contributed by atoms with E-state index in [1.54, 1.807) is 6.20 Å². The van der Waals surface area contributed by atoms with Crippen LogP contribution in [0.5, 0.6) is 0 Å². The van der Waals surface area contributed by atoms with E-state index >= 15 is 0 Å². The Hall–Kier alpha value is -3.09. The first kappa shape index (κ1) is 18.3. The Bertz CT molecular complexity index is 939. The lowest BCUT2D eigenvalue weighted by Crippen LogP contribution is -2.51. The Labute approximate surface area is 163 Å². The normalized spacial score (nSPS) is 14.6. The van der Waals surface area contributed by atoms with Crippen LogP contribution in [0.4, 0.5) is 0 Å². The van der Waals surface area contributed by atoms with Gasteiger partial charge < -0.3 is 14.8 Å². The average molecular weight is 379 g/mol. The molecule has 0 aliphatic carbocycles. The molecule has 1 aromatic carbocycles. The Morgan fingerprint density at radius 3 is 2.50 bits per heavy atom. The maximum absolute atomic E-state index is 12.7. The van der Waals surface area contributed by atoms with Crippen LogP contribution in [0.2, 0.25) is 0 Å². The van der Waals surface area contributed by atoms with Crippen molar-refractivity contribution >= 4 is 22.7 Å². The molecular formula is C21H25N5O2. The Balaban J connectivity index is 1.24. The third kappa shape index (κ3) is 4.08. The highest BCUT2D eigenvalue weighted by atomic mass is 16.2. The predicted molar refractivity (Wildman–Crippen MR) is 107 cm³/mol. The molecule has 7 nitrogen and oxygen atoms in total. The summed E-state index contributed by atoms with van der Waals surface area (Å²) in [5, 5.41) is 5.25. The number of para-hydroxylation sites is 1. The number of nitrogens with zero attached hydrogens (tertiary/aromatic N) is 4. The van der Waals surface area contributed by atoms with Crippen molar-refractivity contribution in [1.82, 2.24) is 24.6 Å². The van der Waals surface area contributed by atoms with Gasteiger partial charge in [0.15, 0.2) is 0 Å². The number of H-pyrrole nitrogens is 1. The minimum Gasteiger partial charge on any atom is -0.361 e. The van der Waals surface area contributed by atoms with Gasteiger partial charge in [0.25, 0.3) is 0 Å². The quantitative estimate of drug-likeness (QED) is 0.712. The van der Waals surface area contributed by atoms with E-state index in [0.717, 1.165) is 29.4 Å². The summed E-state index contributed by atoms with van der Waals surface area (Å²) in [6.07, 6.45) is 7.25. The molecule has 1 saturated heterocycles. The van der Waals surface area contributed by atoms with Gasteiger partial charge in [-0.05, 0) is 24.1 Å². The van der Waals surface area contributed by atoms with Crippen LogP contribution in [0, 0.1) is 0 Å². The molecule has 0 bridgehead atoms. The first-order chi connectivity index (χ1) is 13.7. The second-order valence-electron chi connectivity index (χ2n) is 7.17. The predicted octanol–water partition coefficient (Wildman–Crippen LogP) is 2.06. The molecule has 2 amide bonds. The maximum atomic E-state index is 12.7. The molecular weight excluding hydrogens is 354 g/mol. The van der Waals surface area contributed by atoms with Crippen LogP contribution in [0.15, 0.2) is 48.9 Å². The Morgan fingerprint density at radius 1 is 1.00 bits per heavy atom. The van der Waals surface area contributed by atoms with Crippen LogP contribution in [0.1, 0.15) is 18.4 Å². The lowest BCUT2D eigenvalue weighted by molar-refractivity contribution is -0.139. The molecule has 28 heavy (non-hydrogen) atoms. The number of fused-ring (bicyclic) bond motifs is 1. The Morgan fingerprint density at radius 2 is 1.75 bits per heavy atom. The highest BCUT2D eigenvalue weighted by molar-refractivity contribution is 5.89. The SMILES string of the molecule is O=C(CCCn1cccn1)N1CCN(C(=O)Cc2c[nH]c3ccccc23)CC1. The smallest absolute Gasteiger partial charge is 0.227 e. The van der Waals surface area contributed by atoms with Gasteiger partial charge in [0.1, 0.15) is 0 Å². The second kappa shape index (κ2) is 8.29. The van der Waals surface area contributed by atoms with Gasteiger partial charge in [-0.3, -0.25) is 14.3 Å². The molecule has 146 valence electrons. The van der Waals surface area contributed by atoms with E-state index < -0.39 is 0 Å². The van der Waals surface area contributed by atoms with E-state index in [4.69, 9.17) is 0 Å². The summed E-state index contributed by atoms with van der Waals surface area (Å²) in [7, 11) is 0. The number of aromatic nitrogens is 3. The standard InChI is InChI=1S/C21H25N5O2/c27-20(7-3-9-26-10-4-8-23-26)24-11-13-25(14-12-24)21(28)15-17-16-22-19-6-2-1-5-18(17)19/h1-2,4-6,8,10,16,22H,3,7,9,11-15H2. The first-order valence-corrected chi connectivity index (χ1v) is 9.79. The number of rotatable bonds is 6. The van der Waals surface area contributed by atoms with Crippen molar-refractivity contribution in [3.8, 4) is 0 Å². The van der Waals surface area contributed by atoms with E-state index in [1.807, 2.05) is 57.2 Å². The van der Waals surface area contributed by atoms with Gasteiger partial charge in [-0.2, -0.15) is 5.10 Å². The number of aromatic amines is 1. The number of carbonyl (C=O) groups excluding carboxylic acids is 2. The number of benzene rings is 1. The fourth-order valence-corrected chi connectivity index (χ4v) is 3.74. The third-order valence-electron chi connectivity index (χ3n) is 5.34. The van der Waals surface area contributed by atoms with Crippen molar-refractivity contribution < 1.29 is 9.59 Å². The van der Waals surface area contributed by atoms with Crippen LogP contribution in [0.25, 0.3) is 10.9 Å². The van der Waals surface area contributed by atoms with Crippen molar-refractivity contribution in [2.24, 2.45) is 0 Å². The molecule has 0 radical (unpaired) electrons. The van der Waals surface area contributed by atoms with Crippen molar-refractivity contribution in [3.63, 3.8) is 0 Å². The summed E-state index contributed by atoms with van der Waals surface area (Å²) in [6, 6.07) is 9.90. The molecule has 2 aromatic heterocycles. The summed E-state index contributed by atoms with van der Waals surface area (Å²) in [4.78, 5) is 32.0. The molecule has 0 spiro atoms. The number of piperazine rings is 1. The number of carbonyl (C=O) groups is 2. The van der Waals surface area contributed by atoms with Gasteiger partial charge >= 0.3 is 0 Å². The zero-order valence-corrected chi connectivity index (χ0v) is 15.9. The molecule has 0 saturated carbocycles. The van der Waals surface area contributed by atoms with E-state index in [2.05, 4.69) is 10.1 Å². The fraction of sp³-hybridized carbons (Fsp3) is 0.381. The number of hydrogen-bond donors (Lipinski definition) is 1. The van der Waals surface area contributed by atoms with Crippen LogP contribution in [-0.2, 0) is 22.6 Å². The van der Waals surface area contributed by atoms with Crippen LogP contribution in [-0.4, -0.2) is 62.6 Å². The lowest BCUT2D eigenvalue weighted by Gasteiger charge is -2.35. The third-order valence-corrected chi connectivity index (χ3v) is 5.34. The summed E-state index contributed by atoms with van der Waals surface area (Å²) in [5.74, 6) is 0.284.